The first-order chi connectivity index (χ1) is 10.8. The minimum absolute atomic E-state index is 0.415. The van der Waals surface area contributed by atoms with Crippen molar-refractivity contribution in [2.24, 2.45) is 0 Å². The Kier molecular flexibility index (Phi) is 2.94. The largest absolute Gasteiger partial charge is 0.436 e. The summed E-state index contributed by atoms with van der Waals surface area (Å²) in [5.41, 5.74) is 2.33. The highest BCUT2D eigenvalue weighted by Crippen LogP contribution is 2.33. The van der Waals surface area contributed by atoms with Crippen LogP contribution in [0.25, 0.3) is 33.3 Å². The second kappa shape index (κ2) is 4.96. The normalized spacial score (nSPS) is 11.2. The summed E-state index contributed by atoms with van der Waals surface area (Å²) in [5.74, 6) is 1.25. The minimum atomic E-state index is 0.415. The summed E-state index contributed by atoms with van der Waals surface area (Å²) in [7, 11) is 1.81. The van der Waals surface area contributed by atoms with Crippen LogP contribution in [-0.2, 0) is 0 Å². The topological polar surface area (TPSA) is 63.8 Å². The summed E-state index contributed by atoms with van der Waals surface area (Å²) in [6.07, 6.45) is 3.43. The molecule has 4 rings (SSSR count). The molecule has 0 saturated carbocycles. The molecule has 1 aromatic carbocycles. The van der Waals surface area contributed by atoms with Gasteiger partial charge in [0.05, 0.1) is 5.56 Å². The van der Waals surface area contributed by atoms with Gasteiger partial charge in [0.1, 0.15) is 16.5 Å². The molecule has 3 heterocycles. The van der Waals surface area contributed by atoms with Gasteiger partial charge in [-0.15, -0.1) is 0 Å². The number of nitrogens with one attached hydrogen (secondary N) is 1. The third-order valence-electron chi connectivity index (χ3n) is 3.50. The van der Waals surface area contributed by atoms with E-state index >= 15 is 0 Å². The van der Waals surface area contributed by atoms with Gasteiger partial charge in [0.15, 0.2) is 5.58 Å². The SMILES string of the molecule is CNc1ncc(-c2nc3ccccc3o2)c2cc(Cl)ncc12. The summed E-state index contributed by atoms with van der Waals surface area (Å²) in [4.78, 5) is 13.1. The molecule has 3 aromatic heterocycles. The monoisotopic (exact) mass is 310 g/mol. The highest BCUT2D eigenvalue weighted by Gasteiger charge is 2.14. The number of benzene rings is 1. The average Bonchev–Trinajstić information content (AvgIpc) is 2.97. The predicted octanol–water partition coefficient (Wildman–Crippen LogP) is 4.13. The Balaban J connectivity index is 2.03. The van der Waals surface area contributed by atoms with E-state index in [0.29, 0.717) is 11.0 Å². The molecule has 0 aliphatic rings. The first-order valence-electron chi connectivity index (χ1n) is 6.74. The fraction of sp³-hybridized carbons (Fsp3) is 0.0625. The van der Waals surface area contributed by atoms with Crippen LogP contribution in [0.3, 0.4) is 0 Å². The average molecular weight is 311 g/mol. The van der Waals surface area contributed by atoms with E-state index in [1.54, 1.807) is 18.5 Å². The molecule has 0 aliphatic heterocycles. The van der Waals surface area contributed by atoms with Crippen molar-refractivity contribution in [2.45, 2.75) is 0 Å². The summed E-state index contributed by atoms with van der Waals surface area (Å²) >= 11 is 6.05. The number of aromatic nitrogens is 3. The number of oxazole rings is 1. The number of hydrogen-bond acceptors (Lipinski definition) is 5. The molecule has 0 bridgehead atoms. The van der Waals surface area contributed by atoms with Gasteiger partial charge in [0.25, 0.3) is 0 Å². The number of rotatable bonds is 2. The van der Waals surface area contributed by atoms with E-state index in [9.17, 15) is 0 Å². The second-order valence-corrected chi connectivity index (χ2v) is 5.20. The van der Waals surface area contributed by atoms with E-state index < -0.39 is 0 Å². The predicted molar refractivity (Wildman–Crippen MR) is 87.1 cm³/mol. The van der Waals surface area contributed by atoms with E-state index in [4.69, 9.17) is 16.0 Å². The van der Waals surface area contributed by atoms with Crippen LogP contribution >= 0.6 is 11.6 Å². The molecule has 0 spiro atoms. The summed E-state index contributed by atoms with van der Waals surface area (Å²) in [6.45, 7) is 0. The lowest BCUT2D eigenvalue weighted by Crippen LogP contribution is -1.95. The van der Waals surface area contributed by atoms with Crippen molar-refractivity contribution in [3.63, 3.8) is 0 Å². The van der Waals surface area contributed by atoms with E-state index in [1.807, 2.05) is 31.3 Å². The van der Waals surface area contributed by atoms with Crippen molar-refractivity contribution >= 4 is 39.3 Å². The van der Waals surface area contributed by atoms with Crippen molar-refractivity contribution in [1.82, 2.24) is 15.0 Å². The maximum Gasteiger partial charge on any atom is 0.229 e. The molecular formula is C16H11ClN4O. The summed E-state index contributed by atoms with van der Waals surface area (Å²) in [5, 5.41) is 5.23. The number of para-hydroxylation sites is 2. The number of nitrogens with zero attached hydrogens (tertiary/aromatic N) is 3. The third kappa shape index (κ3) is 1.98. The van der Waals surface area contributed by atoms with E-state index in [0.717, 1.165) is 33.3 Å². The van der Waals surface area contributed by atoms with Crippen molar-refractivity contribution in [3.05, 3.63) is 47.9 Å². The first-order valence-corrected chi connectivity index (χ1v) is 7.12. The molecule has 5 nitrogen and oxygen atoms in total. The van der Waals surface area contributed by atoms with Gasteiger partial charge in [0.2, 0.25) is 5.89 Å². The smallest absolute Gasteiger partial charge is 0.229 e. The van der Waals surface area contributed by atoms with Crippen molar-refractivity contribution in [2.75, 3.05) is 12.4 Å². The van der Waals surface area contributed by atoms with Gasteiger partial charge in [-0.05, 0) is 18.2 Å². The molecule has 0 aliphatic carbocycles. The van der Waals surface area contributed by atoms with E-state index in [1.165, 1.54) is 0 Å². The van der Waals surface area contributed by atoms with Gasteiger partial charge in [-0.1, -0.05) is 23.7 Å². The van der Waals surface area contributed by atoms with Crippen LogP contribution in [0.15, 0.2) is 47.1 Å². The maximum atomic E-state index is 6.05. The van der Waals surface area contributed by atoms with Gasteiger partial charge in [0, 0.05) is 30.2 Å². The Morgan fingerprint density at radius 2 is 1.95 bits per heavy atom. The molecule has 22 heavy (non-hydrogen) atoms. The standard InChI is InChI=1S/C16H11ClN4O/c1-18-15-10-7-19-14(17)6-9(10)11(8-20-15)16-21-12-4-2-3-5-13(12)22-16/h2-8H,1H3,(H,18,20). The molecule has 4 aromatic rings. The zero-order valence-electron chi connectivity index (χ0n) is 11.7. The molecule has 0 atom stereocenters. The molecular weight excluding hydrogens is 300 g/mol. The number of hydrogen-bond donors (Lipinski definition) is 1. The third-order valence-corrected chi connectivity index (χ3v) is 3.71. The second-order valence-electron chi connectivity index (χ2n) is 4.81. The highest BCUT2D eigenvalue weighted by molar-refractivity contribution is 6.30. The molecule has 6 heteroatoms. The Bertz CT molecular complexity index is 963. The van der Waals surface area contributed by atoms with Crippen LogP contribution in [0.5, 0.6) is 0 Å². The number of pyridine rings is 2. The van der Waals surface area contributed by atoms with Crippen LogP contribution in [-0.4, -0.2) is 22.0 Å². The molecule has 0 saturated heterocycles. The number of anilines is 1. The van der Waals surface area contributed by atoms with Gasteiger partial charge in [-0.2, -0.15) is 0 Å². The van der Waals surface area contributed by atoms with Crippen LogP contribution in [0.1, 0.15) is 0 Å². The van der Waals surface area contributed by atoms with Gasteiger partial charge in [-0.25, -0.2) is 15.0 Å². The van der Waals surface area contributed by atoms with Crippen LogP contribution in [0.2, 0.25) is 5.15 Å². The molecule has 0 radical (unpaired) electrons. The van der Waals surface area contributed by atoms with E-state index in [2.05, 4.69) is 20.3 Å². The highest BCUT2D eigenvalue weighted by atomic mass is 35.5. The van der Waals surface area contributed by atoms with Crippen LogP contribution < -0.4 is 5.32 Å². The fourth-order valence-corrected chi connectivity index (χ4v) is 2.62. The van der Waals surface area contributed by atoms with Gasteiger partial charge < -0.3 is 9.73 Å². The Hall–Kier alpha value is -2.66. The lowest BCUT2D eigenvalue weighted by atomic mass is 10.1. The number of halogens is 1. The Morgan fingerprint density at radius 3 is 2.77 bits per heavy atom. The first kappa shape index (κ1) is 13.0. The van der Waals surface area contributed by atoms with Crippen LogP contribution in [0.4, 0.5) is 5.82 Å². The van der Waals surface area contributed by atoms with Gasteiger partial charge >= 0.3 is 0 Å². The maximum absolute atomic E-state index is 6.05. The lowest BCUT2D eigenvalue weighted by molar-refractivity contribution is 0.620. The molecule has 108 valence electrons. The van der Waals surface area contributed by atoms with Crippen molar-refractivity contribution < 1.29 is 4.42 Å². The Morgan fingerprint density at radius 1 is 1.09 bits per heavy atom. The quantitative estimate of drug-likeness (QED) is 0.564. The minimum Gasteiger partial charge on any atom is -0.436 e. The summed E-state index contributed by atoms with van der Waals surface area (Å²) < 4.78 is 5.84. The Labute approximate surface area is 131 Å². The molecule has 0 amide bonds. The molecule has 0 unspecified atom stereocenters. The zero-order chi connectivity index (χ0) is 15.1. The lowest BCUT2D eigenvalue weighted by Gasteiger charge is -2.07. The van der Waals surface area contributed by atoms with Crippen molar-refractivity contribution in [1.29, 1.82) is 0 Å². The van der Waals surface area contributed by atoms with Crippen LogP contribution in [0, 0.1) is 0 Å². The van der Waals surface area contributed by atoms with Gasteiger partial charge in [-0.3, -0.25) is 0 Å². The fourth-order valence-electron chi connectivity index (χ4n) is 2.47. The van der Waals surface area contributed by atoms with E-state index in [-0.39, 0.29) is 0 Å². The van der Waals surface area contributed by atoms with Crippen molar-refractivity contribution in [3.8, 4) is 11.5 Å². The summed E-state index contributed by atoms with van der Waals surface area (Å²) in [6, 6.07) is 9.43. The molecule has 0 fully saturated rings. The zero-order valence-corrected chi connectivity index (χ0v) is 12.4. The number of fused-ring (bicyclic) bond motifs is 2. The molecule has 1 N–H and O–H groups in total.